The number of allylic oxidation sites excluding steroid dienone is 1. The highest BCUT2D eigenvalue weighted by Gasteiger charge is 2.47. The fraction of sp³-hybridized carbons (Fsp3) is 0.333. The lowest BCUT2D eigenvalue weighted by atomic mass is 9.72. The smallest absolute Gasteiger partial charge is 0.336 e. The SMILES string of the molecule is C=CC(C)(C)c1c2c3c(c4ccc(=O)oc14)O[C@](C)(C=Cc1cc4ccc(=O)oc4cc1O)C[C@@H]3CC(C)(C)O2. The summed E-state index contributed by atoms with van der Waals surface area (Å²) in [5, 5.41) is 12.1. The molecule has 0 saturated heterocycles. The van der Waals surface area contributed by atoms with Gasteiger partial charge in [0.15, 0.2) is 0 Å². The summed E-state index contributed by atoms with van der Waals surface area (Å²) in [6.45, 7) is 14.3. The highest BCUT2D eigenvalue weighted by atomic mass is 16.5. The van der Waals surface area contributed by atoms with Crippen LogP contribution in [-0.4, -0.2) is 16.3 Å². The van der Waals surface area contributed by atoms with Gasteiger partial charge in [0.05, 0.1) is 5.39 Å². The van der Waals surface area contributed by atoms with Gasteiger partial charge in [0.1, 0.15) is 39.6 Å². The predicted octanol–water partition coefficient (Wildman–Crippen LogP) is 6.97. The maximum Gasteiger partial charge on any atom is 0.336 e. The van der Waals surface area contributed by atoms with Crippen LogP contribution in [0.25, 0.3) is 28.0 Å². The van der Waals surface area contributed by atoms with Gasteiger partial charge in [0.25, 0.3) is 0 Å². The van der Waals surface area contributed by atoms with Crippen molar-refractivity contribution in [2.75, 3.05) is 0 Å². The van der Waals surface area contributed by atoms with Crippen LogP contribution in [0.1, 0.15) is 70.1 Å². The first-order valence-electron chi connectivity index (χ1n) is 13.4. The topological polar surface area (TPSA) is 99.1 Å². The fourth-order valence-electron chi connectivity index (χ4n) is 6.12. The van der Waals surface area contributed by atoms with Crippen molar-refractivity contribution >= 4 is 28.0 Å². The lowest BCUT2D eigenvalue weighted by molar-refractivity contribution is 0.0319. The number of hydrogen-bond acceptors (Lipinski definition) is 7. The molecular formula is C33H32O7. The number of rotatable bonds is 4. The number of phenolic OH excluding ortho intramolecular Hbond substituents is 1. The number of ether oxygens (including phenoxy) is 2. The molecule has 7 nitrogen and oxygen atoms in total. The molecule has 0 bridgehead atoms. The summed E-state index contributed by atoms with van der Waals surface area (Å²) in [6.07, 6.45) is 7.07. The Labute approximate surface area is 231 Å². The van der Waals surface area contributed by atoms with Gasteiger partial charge in [-0.1, -0.05) is 26.0 Å². The van der Waals surface area contributed by atoms with Gasteiger partial charge in [-0.25, -0.2) is 9.59 Å². The van der Waals surface area contributed by atoms with Crippen LogP contribution in [0.5, 0.6) is 17.2 Å². The van der Waals surface area contributed by atoms with E-state index in [-0.39, 0.29) is 11.7 Å². The first-order chi connectivity index (χ1) is 18.8. The molecule has 2 aliphatic heterocycles. The molecule has 2 aromatic carbocycles. The number of phenols is 1. The summed E-state index contributed by atoms with van der Waals surface area (Å²) in [7, 11) is 0. The third-order valence-electron chi connectivity index (χ3n) is 8.07. The van der Waals surface area contributed by atoms with Crippen molar-refractivity contribution in [3.8, 4) is 17.2 Å². The van der Waals surface area contributed by atoms with Gasteiger partial charge >= 0.3 is 11.3 Å². The van der Waals surface area contributed by atoms with Crippen molar-refractivity contribution in [3.05, 3.63) is 92.7 Å². The minimum Gasteiger partial charge on any atom is -0.507 e. The molecule has 0 saturated carbocycles. The molecule has 2 atom stereocenters. The van der Waals surface area contributed by atoms with Crippen LogP contribution < -0.4 is 20.7 Å². The van der Waals surface area contributed by atoms with E-state index in [1.165, 1.54) is 18.2 Å². The van der Waals surface area contributed by atoms with Crippen LogP contribution >= 0.6 is 0 Å². The second kappa shape index (κ2) is 8.62. The van der Waals surface area contributed by atoms with Crippen LogP contribution in [0, 0.1) is 0 Å². The van der Waals surface area contributed by atoms with Crippen LogP contribution in [0.2, 0.25) is 0 Å². The Morgan fingerprint density at radius 1 is 0.975 bits per heavy atom. The molecule has 0 unspecified atom stereocenters. The van der Waals surface area contributed by atoms with Crippen LogP contribution in [0.4, 0.5) is 0 Å². The van der Waals surface area contributed by atoms with E-state index in [9.17, 15) is 14.7 Å². The Hall–Kier alpha value is -4.26. The minimum absolute atomic E-state index is 0.00378. The molecule has 0 radical (unpaired) electrons. The molecule has 40 heavy (non-hydrogen) atoms. The Bertz CT molecular complexity index is 1850. The molecule has 6 rings (SSSR count). The first kappa shape index (κ1) is 26.0. The second-order valence-corrected chi connectivity index (χ2v) is 12.3. The molecule has 0 fully saturated rings. The molecule has 2 aliphatic rings. The maximum atomic E-state index is 12.4. The highest BCUT2D eigenvalue weighted by Crippen LogP contribution is 2.58. The van der Waals surface area contributed by atoms with Gasteiger partial charge in [-0.15, -0.1) is 6.58 Å². The van der Waals surface area contributed by atoms with Crippen LogP contribution in [0.15, 0.2) is 73.6 Å². The third kappa shape index (κ3) is 4.21. The van der Waals surface area contributed by atoms with Crippen molar-refractivity contribution in [3.63, 3.8) is 0 Å². The van der Waals surface area contributed by atoms with E-state index >= 15 is 0 Å². The third-order valence-corrected chi connectivity index (χ3v) is 8.07. The molecule has 0 spiro atoms. The van der Waals surface area contributed by atoms with Gasteiger partial charge in [0, 0.05) is 45.7 Å². The Balaban J connectivity index is 1.53. The van der Waals surface area contributed by atoms with Crippen LogP contribution in [-0.2, 0) is 5.41 Å². The normalized spacial score (nSPS) is 21.7. The molecule has 0 amide bonds. The van der Waals surface area contributed by atoms with E-state index < -0.39 is 27.9 Å². The average Bonchev–Trinajstić information content (AvgIpc) is 2.86. The monoisotopic (exact) mass is 540 g/mol. The molecular weight excluding hydrogens is 508 g/mol. The highest BCUT2D eigenvalue weighted by molar-refractivity contribution is 5.92. The number of fused-ring (bicyclic) bond motifs is 3. The van der Waals surface area contributed by atoms with Crippen molar-refractivity contribution in [2.24, 2.45) is 0 Å². The second-order valence-electron chi connectivity index (χ2n) is 12.3. The summed E-state index contributed by atoms with van der Waals surface area (Å²) in [5.74, 6) is 1.44. The molecule has 2 aromatic heterocycles. The molecule has 1 N–H and O–H groups in total. The summed E-state index contributed by atoms with van der Waals surface area (Å²) < 4.78 is 24.4. The van der Waals surface area contributed by atoms with Crippen LogP contribution in [0.3, 0.4) is 0 Å². The first-order valence-corrected chi connectivity index (χ1v) is 13.4. The molecule has 4 heterocycles. The quantitative estimate of drug-likeness (QED) is 0.220. The van der Waals surface area contributed by atoms with E-state index in [1.807, 2.05) is 39.0 Å². The molecule has 0 aliphatic carbocycles. The Kier molecular flexibility index (Phi) is 5.60. The lowest BCUT2D eigenvalue weighted by Crippen LogP contribution is -2.43. The number of benzene rings is 2. The van der Waals surface area contributed by atoms with Gasteiger partial charge in [-0.2, -0.15) is 0 Å². The van der Waals surface area contributed by atoms with E-state index in [4.69, 9.17) is 18.3 Å². The van der Waals surface area contributed by atoms with Crippen molar-refractivity contribution in [1.82, 2.24) is 0 Å². The molecule has 4 aromatic rings. The average molecular weight is 541 g/mol. The largest absolute Gasteiger partial charge is 0.507 e. The maximum absolute atomic E-state index is 12.4. The van der Waals surface area contributed by atoms with E-state index in [0.29, 0.717) is 45.4 Å². The molecule has 206 valence electrons. The zero-order valence-corrected chi connectivity index (χ0v) is 23.3. The van der Waals surface area contributed by atoms with E-state index in [0.717, 1.165) is 17.5 Å². The molecule has 7 heteroatoms. The van der Waals surface area contributed by atoms with Crippen molar-refractivity contribution < 1.29 is 23.4 Å². The summed E-state index contributed by atoms with van der Waals surface area (Å²) >= 11 is 0. The van der Waals surface area contributed by atoms with E-state index in [1.54, 1.807) is 18.2 Å². The number of aromatic hydroxyl groups is 1. The van der Waals surface area contributed by atoms with Gasteiger partial charge < -0.3 is 23.4 Å². The lowest BCUT2D eigenvalue weighted by Gasteiger charge is -2.47. The van der Waals surface area contributed by atoms with Gasteiger partial charge in [-0.3, -0.25) is 0 Å². The standard InChI is InChI=1S/C33H32O7/c1-7-31(2,3)27-29-21(9-11-25(36)38-29)28-26-20(16-32(4,5)39-30(26)27)17-33(6,40-28)13-12-18-14-19-8-10-24(35)37-23(19)15-22(18)34/h7-15,20,34H,1,16-17H2,2-6H3/t20-,33+/m0/s1. The minimum atomic E-state index is -0.745. The zero-order chi connectivity index (χ0) is 28.6. The predicted molar refractivity (Wildman–Crippen MR) is 155 cm³/mol. The Morgan fingerprint density at radius 2 is 1.70 bits per heavy atom. The fourth-order valence-corrected chi connectivity index (χ4v) is 6.12. The Morgan fingerprint density at radius 3 is 2.45 bits per heavy atom. The summed E-state index contributed by atoms with van der Waals surface area (Å²) in [5.41, 5.74) is 0.435. The number of hydrogen-bond donors (Lipinski definition) is 1. The summed E-state index contributed by atoms with van der Waals surface area (Å²) in [4.78, 5) is 24.0. The van der Waals surface area contributed by atoms with Gasteiger partial charge in [-0.05, 0) is 63.8 Å². The zero-order valence-electron chi connectivity index (χ0n) is 23.3. The van der Waals surface area contributed by atoms with Crippen molar-refractivity contribution in [1.29, 1.82) is 0 Å². The summed E-state index contributed by atoms with van der Waals surface area (Å²) in [6, 6.07) is 9.41. The van der Waals surface area contributed by atoms with Crippen molar-refractivity contribution in [2.45, 2.75) is 70.0 Å². The van der Waals surface area contributed by atoms with Gasteiger partial charge in [0.2, 0.25) is 0 Å². The van der Waals surface area contributed by atoms with E-state index in [2.05, 4.69) is 20.4 Å².